The molecule has 2 aromatic heterocycles. The van der Waals surface area contributed by atoms with Crippen LogP contribution in [-0.2, 0) is 0 Å². The van der Waals surface area contributed by atoms with Crippen LogP contribution in [0.25, 0.3) is 22.4 Å². The van der Waals surface area contributed by atoms with Crippen molar-refractivity contribution in [1.29, 1.82) is 0 Å². The lowest BCUT2D eigenvalue weighted by Gasteiger charge is -2.15. The molecule has 6 nitrogen and oxygen atoms in total. The number of imidazole rings is 1. The number of aromatic amines is 2. The van der Waals surface area contributed by atoms with Gasteiger partial charge >= 0.3 is 0 Å². The molecular weight excluding hydrogens is 477 g/mol. The van der Waals surface area contributed by atoms with Crippen molar-refractivity contribution < 1.29 is 18.3 Å². The van der Waals surface area contributed by atoms with Crippen molar-refractivity contribution in [3.63, 3.8) is 0 Å². The summed E-state index contributed by atoms with van der Waals surface area (Å²) in [7, 11) is 0. The Hall–Kier alpha value is -3.11. The van der Waals surface area contributed by atoms with E-state index < -0.39 is 34.6 Å². The molecule has 160 valence electrons. The van der Waals surface area contributed by atoms with E-state index in [1.54, 1.807) is 18.2 Å². The van der Waals surface area contributed by atoms with Crippen molar-refractivity contribution in [2.45, 2.75) is 13.0 Å². The second-order valence-corrected chi connectivity index (χ2v) is 7.82. The van der Waals surface area contributed by atoms with E-state index in [2.05, 4.69) is 36.2 Å². The van der Waals surface area contributed by atoms with Gasteiger partial charge in [0.05, 0.1) is 17.3 Å². The predicted molar refractivity (Wildman–Crippen MR) is 114 cm³/mol. The number of nitrogens with one attached hydrogen (secondary N) is 3. The molecule has 1 unspecified atom stereocenters. The number of aliphatic hydroxyl groups excluding tert-OH is 1. The van der Waals surface area contributed by atoms with Crippen molar-refractivity contribution >= 4 is 32.7 Å². The minimum atomic E-state index is -1.64. The van der Waals surface area contributed by atoms with Crippen LogP contribution in [0.1, 0.15) is 17.2 Å². The molecule has 0 aliphatic carbocycles. The molecule has 0 saturated carbocycles. The maximum absolute atomic E-state index is 14.1. The smallest absolute Gasteiger partial charge is 0.261 e. The van der Waals surface area contributed by atoms with Crippen LogP contribution in [0.15, 0.2) is 45.8 Å². The number of anilines is 1. The van der Waals surface area contributed by atoms with Crippen molar-refractivity contribution in [3.8, 4) is 11.4 Å². The summed E-state index contributed by atoms with van der Waals surface area (Å²) in [6.45, 7) is 1.98. The lowest BCUT2D eigenvalue weighted by Crippen LogP contribution is -2.17. The van der Waals surface area contributed by atoms with Crippen LogP contribution in [0.5, 0.6) is 0 Å². The fourth-order valence-electron chi connectivity index (χ4n) is 3.18. The van der Waals surface area contributed by atoms with Gasteiger partial charge in [-0.05, 0) is 30.2 Å². The van der Waals surface area contributed by atoms with Gasteiger partial charge in [-0.3, -0.25) is 4.79 Å². The van der Waals surface area contributed by atoms with E-state index in [0.29, 0.717) is 11.3 Å². The fourth-order valence-corrected chi connectivity index (χ4v) is 3.57. The van der Waals surface area contributed by atoms with Gasteiger partial charge in [0, 0.05) is 23.3 Å². The van der Waals surface area contributed by atoms with Crippen molar-refractivity contribution in [2.24, 2.45) is 0 Å². The number of hydrogen-bond acceptors (Lipinski definition) is 4. The molecule has 1 atom stereocenters. The summed E-state index contributed by atoms with van der Waals surface area (Å²) in [4.78, 5) is 21.5. The topological polar surface area (TPSA) is 93.8 Å². The van der Waals surface area contributed by atoms with E-state index in [1.807, 2.05) is 13.0 Å². The van der Waals surface area contributed by atoms with Crippen LogP contribution in [0.4, 0.5) is 18.9 Å². The Kier molecular flexibility index (Phi) is 5.59. The maximum Gasteiger partial charge on any atom is 0.261 e. The van der Waals surface area contributed by atoms with Gasteiger partial charge < -0.3 is 20.4 Å². The number of pyridine rings is 1. The number of rotatable bonds is 5. The molecule has 0 bridgehead atoms. The highest BCUT2D eigenvalue weighted by Crippen LogP contribution is 2.28. The molecule has 0 amide bonds. The Morgan fingerprint density at radius 1 is 1.19 bits per heavy atom. The Bertz CT molecular complexity index is 1350. The van der Waals surface area contributed by atoms with Gasteiger partial charge in [-0.25, -0.2) is 18.2 Å². The third kappa shape index (κ3) is 3.96. The number of aryl methyl sites for hydroxylation is 1. The largest absolute Gasteiger partial charge is 0.387 e. The zero-order valence-corrected chi connectivity index (χ0v) is 17.6. The molecule has 4 N–H and O–H groups in total. The number of aliphatic hydroxyl groups is 1. The summed E-state index contributed by atoms with van der Waals surface area (Å²) in [6.07, 6.45) is 0.506. The molecule has 0 radical (unpaired) electrons. The van der Waals surface area contributed by atoms with E-state index in [4.69, 9.17) is 0 Å². The maximum atomic E-state index is 14.1. The Balaban J connectivity index is 1.68. The van der Waals surface area contributed by atoms with Crippen molar-refractivity contribution in [3.05, 3.63) is 79.9 Å². The van der Waals surface area contributed by atoms with E-state index in [9.17, 15) is 23.1 Å². The number of halogens is 4. The van der Waals surface area contributed by atoms with Crippen LogP contribution in [-0.4, -0.2) is 26.6 Å². The average Bonchev–Trinajstić information content (AvgIpc) is 3.15. The highest BCUT2D eigenvalue weighted by atomic mass is 79.9. The number of aromatic nitrogens is 3. The molecule has 10 heteroatoms. The highest BCUT2D eigenvalue weighted by molar-refractivity contribution is 9.10. The zero-order valence-electron chi connectivity index (χ0n) is 16.1. The minimum absolute atomic E-state index is 0.0104. The molecular formula is C21H16BrF3N4O2. The van der Waals surface area contributed by atoms with Crippen LogP contribution in [0.2, 0.25) is 0 Å². The molecule has 0 spiro atoms. The molecule has 0 aliphatic heterocycles. The zero-order chi connectivity index (χ0) is 22.3. The van der Waals surface area contributed by atoms with E-state index >= 15 is 0 Å². The summed E-state index contributed by atoms with van der Waals surface area (Å²) in [5, 5.41) is 13.5. The van der Waals surface area contributed by atoms with Gasteiger partial charge in [-0.15, -0.1) is 0 Å². The Labute approximate surface area is 182 Å². The number of fused-ring (bicyclic) bond motifs is 1. The third-order valence-electron chi connectivity index (χ3n) is 4.88. The summed E-state index contributed by atoms with van der Waals surface area (Å²) in [6, 6.07) is 7.76. The molecule has 2 heterocycles. The third-order valence-corrected chi connectivity index (χ3v) is 5.73. The molecule has 0 aliphatic rings. The van der Waals surface area contributed by atoms with Crippen molar-refractivity contribution in [1.82, 2.24) is 15.0 Å². The lowest BCUT2D eigenvalue weighted by molar-refractivity contribution is 0.191. The van der Waals surface area contributed by atoms with Crippen LogP contribution in [0.3, 0.4) is 0 Å². The highest BCUT2D eigenvalue weighted by Gasteiger charge is 2.20. The van der Waals surface area contributed by atoms with E-state index in [1.165, 1.54) is 6.20 Å². The standard InChI is InChI=1S/C21H16BrF3N4O2/c1-9-2-3-10(6-11(9)22)15(30)8-27-13-4-5-26-21(31)16(13)20-28-14-7-12(23)17(24)18(25)19(14)29-20/h2-7,15,30H,8H2,1H3,(H,28,29)(H2,26,27,31). The Morgan fingerprint density at radius 2 is 1.97 bits per heavy atom. The van der Waals surface area contributed by atoms with E-state index in [0.717, 1.165) is 16.1 Å². The lowest BCUT2D eigenvalue weighted by atomic mass is 10.1. The van der Waals surface area contributed by atoms with Gasteiger partial charge in [-0.1, -0.05) is 28.1 Å². The molecule has 4 rings (SSSR count). The molecule has 0 fully saturated rings. The van der Waals surface area contributed by atoms with E-state index in [-0.39, 0.29) is 23.4 Å². The van der Waals surface area contributed by atoms with Gasteiger partial charge in [0.15, 0.2) is 17.5 Å². The number of H-pyrrole nitrogens is 2. The monoisotopic (exact) mass is 492 g/mol. The minimum Gasteiger partial charge on any atom is -0.387 e. The quantitative estimate of drug-likeness (QED) is 0.307. The fraction of sp³-hybridized carbons (Fsp3) is 0.143. The van der Waals surface area contributed by atoms with Gasteiger partial charge in [-0.2, -0.15) is 0 Å². The molecule has 31 heavy (non-hydrogen) atoms. The molecule has 4 aromatic rings. The molecule has 0 saturated heterocycles. The van der Waals surface area contributed by atoms with Crippen LogP contribution in [0, 0.1) is 24.4 Å². The average molecular weight is 493 g/mol. The number of nitrogens with zero attached hydrogens (tertiary/aromatic N) is 1. The first-order valence-electron chi connectivity index (χ1n) is 9.19. The number of benzene rings is 2. The summed E-state index contributed by atoms with van der Waals surface area (Å²) in [5.41, 5.74) is 0.917. The Morgan fingerprint density at radius 3 is 2.71 bits per heavy atom. The van der Waals surface area contributed by atoms with Gasteiger partial charge in [0.25, 0.3) is 5.56 Å². The van der Waals surface area contributed by atoms with Crippen molar-refractivity contribution in [2.75, 3.05) is 11.9 Å². The predicted octanol–water partition coefficient (Wildman–Crippen LogP) is 4.55. The second-order valence-electron chi connectivity index (χ2n) is 6.97. The summed E-state index contributed by atoms with van der Waals surface area (Å²) >= 11 is 3.42. The first-order valence-corrected chi connectivity index (χ1v) is 9.99. The first-order chi connectivity index (χ1) is 14.8. The summed E-state index contributed by atoms with van der Waals surface area (Å²) in [5.74, 6) is -4.53. The first kappa shape index (κ1) is 21.1. The van der Waals surface area contributed by atoms with Gasteiger partial charge in [0.1, 0.15) is 16.9 Å². The van der Waals surface area contributed by atoms with Gasteiger partial charge in [0.2, 0.25) is 0 Å². The van der Waals surface area contributed by atoms with Crippen LogP contribution >= 0.6 is 15.9 Å². The molecule has 2 aromatic carbocycles. The summed E-state index contributed by atoms with van der Waals surface area (Å²) < 4.78 is 42.0. The number of hydrogen-bond donors (Lipinski definition) is 4. The SMILES string of the molecule is Cc1ccc(C(O)CNc2cc[nH]c(=O)c2-c2nc3c(F)c(F)c(F)cc3[nH]2)cc1Br. The normalized spacial score (nSPS) is 12.3. The second kappa shape index (κ2) is 8.20. The van der Waals surface area contributed by atoms with Crippen LogP contribution < -0.4 is 10.9 Å².